The van der Waals surface area contributed by atoms with Crippen LogP contribution in [0.25, 0.3) is 55.3 Å². The van der Waals surface area contributed by atoms with Crippen molar-refractivity contribution in [3.8, 4) is 56.0 Å². The first kappa shape index (κ1) is 27.9. The van der Waals surface area contributed by atoms with Gasteiger partial charge in [-0.05, 0) is 58.1 Å². The van der Waals surface area contributed by atoms with E-state index in [9.17, 15) is 0 Å². The Morgan fingerprint density at radius 2 is 0.833 bits per heavy atom. The summed E-state index contributed by atoms with van der Waals surface area (Å²) in [6, 6.07) is 66.8. The van der Waals surface area contributed by atoms with E-state index in [4.69, 9.17) is 4.74 Å². The molecule has 226 valence electrons. The quantitative estimate of drug-likeness (QED) is 0.191. The van der Waals surface area contributed by atoms with Gasteiger partial charge in [0.15, 0.2) is 0 Å². The fourth-order valence-corrected chi connectivity index (χ4v) is 7.13. The minimum absolute atomic E-state index is 0.865. The molecule has 0 fully saturated rings. The van der Waals surface area contributed by atoms with Gasteiger partial charge in [-0.25, -0.2) is 0 Å². The lowest BCUT2D eigenvalue weighted by Gasteiger charge is -2.30. The molecular formula is C46H31NO. The van der Waals surface area contributed by atoms with Crippen molar-refractivity contribution in [1.82, 2.24) is 0 Å². The monoisotopic (exact) mass is 613 g/mol. The first-order valence-electron chi connectivity index (χ1n) is 16.4. The van der Waals surface area contributed by atoms with E-state index in [1.165, 1.54) is 16.7 Å². The number of fused-ring (bicyclic) bond motifs is 7. The second-order valence-corrected chi connectivity index (χ2v) is 12.1. The topological polar surface area (TPSA) is 12.5 Å². The number of hydrogen-bond donors (Lipinski definition) is 0. The second-order valence-electron chi connectivity index (χ2n) is 12.1. The molecule has 0 atom stereocenters. The Morgan fingerprint density at radius 1 is 0.333 bits per heavy atom. The van der Waals surface area contributed by atoms with E-state index in [0.717, 1.165) is 67.2 Å². The van der Waals surface area contributed by atoms with E-state index in [1.54, 1.807) is 0 Å². The molecule has 0 aliphatic carbocycles. The lowest BCUT2D eigenvalue weighted by Crippen LogP contribution is -2.12. The lowest BCUT2D eigenvalue weighted by molar-refractivity contribution is 0.493. The van der Waals surface area contributed by atoms with Crippen LogP contribution in [0.2, 0.25) is 0 Å². The molecular weight excluding hydrogens is 583 g/mol. The maximum atomic E-state index is 6.88. The van der Waals surface area contributed by atoms with Gasteiger partial charge in [0, 0.05) is 33.2 Å². The summed E-state index contributed by atoms with van der Waals surface area (Å²) in [5, 5.41) is 2.18. The lowest BCUT2D eigenvalue weighted by atomic mass is 9.91. The van der Waals surface area contributed by atoms with E-state index in [1.807, 2.05) is 6.07 Å². The molecule has 9 rings (SSSR count). The molecule has 0 N–H and O–H groups in total. The second kappa shape index (κ2) is 11.8. The van der Waals surface area contributed by atoms with Crippen molar-refractivity contribution in [3.63, 3.8) is 0 Å². The number of para-hydroxylation sites is 3. The Morgan fingerprint density at radius 3 is 1.56 bits per heavy atom. The molecule has 0 amide bonds. The normalized spacial score (nSPS) is 11.5. The van der Waals surface area contributed by atoms with Crippen molar-refractivity contribution in [2.45, 2.75) is 0 Å². The molecule has 0 aromatic heterocycles. The third-order valence-corrected chi connectivity index (χ3v) is 9.28. The van der Waals surface area contributed by atoms with Gasteiger partial charge in [-0.3, -0.25) is 0 Å². The number of hydrogen-bond acceptors (Lipinski definition) is 2. The molecule has 0 saturated carbocycles. The number of nitrogens with zero attached hydrogens (tertiary/aromatic N) is 1. The van der Waals surface area contributed by atoms with Gasteiger partial charge in [0.1, 0.15) is 11.5 Å². The highest BCUT2D eigenvalue weighted by Crippen LogP contribution is 2.53. The summed E-state index contributed by atoms with van der Waals surface area (Å²) in [6.07, 6.45) is 0. The van der Waals surface area contributed by atoms with Crippen LogP contribution < -0.4 is 9.64 Å². The molecule has 0 unspecified atom stereocenters. The van der Waals surface area contributed by atoms with Crippen LogP contribution >= 0.6 is 0 Å². The van der Waals surface area contributed by atoms with Crippen molar-refractivity contribution in [1.29, 1.82) is 0 Å². The first-order valence-corrected chi connectivity index (χ1v) is 16.4. The molecule has 0 spiro atoms. The minimum Gasteiger partial charge on any atom is -0.455 e. The Bertz CT molecular complexity index is 2430. The van der Waals surface area contributed by atoms with Gasteiger partial charge < -0.3 is 9.64 Å². The van der Waals surface area contributed by atoms with Crippen LogP contribution in [-0.4, -0.2) is 0 Å². The fraction of sp³-hybridized carbons (Fsp3) is 0. The largest absolute Gasteiger partial charge is 0.455 e. The van der Waals surface area contributed by atoms with E-state index < -0.39 is 0 Å². The van der Waals surface area contributed by atoms with Crippen LogP contribution in [0.1, 0.15) is 0 Å². The van der Waals surface area contributed by atoms with Gasteiger partial charge in [0.25, 0.3) is 0 Å². The van der Waals surface area contributed by atoms with Crippen LogP contribution in [0, 0.1) is 0 Å². The van der Waals surface area contributed by atoms with E-state index in [2.05, 4.69) is 187 Å². The average molecular weight is 614 g/mol. The molecule has 2 nitrogen and oxygen atoms in total. The molecule has 0 saturated heterocycles. The van der Waals surface area contributed by atoms with Gasteiger partial charge in [0.05, 0.1) is 11.4 Å². The summed E-state index contributed by atoms with van der Waals surface area (Å²) >= 11 is 0. The van der Waals surface area contributed by atoms with Gasteiger partial charge >= 0.3 is 0 Å². The summed E-state index contributed by atoms with van der Waals surface area (Å²) in [5.41, 5.74) is 12.5. The highest BCUT2D eigenvalue weighted by molar-refractivity contribution is 6.09. The van der Waals surface area contributed by atoms with Crippen LogP contribution in [-0.2, 0) is 0 Å². The molecule has 1 aliphatic rings. The number of anilines is 3. The van der Waals surface area contributed by atoms with Gasteiger partial charge in [-0.1, -0.05) is 158 Å². The Labute approximate surface area is 280 Å². The fourth-order valence-electron chi connectivity index (χ4n) is 7.13. The van der Waals surface area contributed by atoms with E-state index in [0.29, 0.717) is 0 Å². The Balaban J connectivity index is 1.35. The zero-order valence-corrected chi connectivity index (χ0v) is 26.3. The van der Waals surface area contributed by atoms with Crippen LogP contribution in [0.4, 0.5) is 17.1 Å². The van der Waals surface area contributed by atoms with Crippen LogP contribution in [0.3, 0.4) is 0 Å². The molecule has 0 bridgehead atoms. The third kappa shape index (κ3) is 4.66. The highest BCUT2D eigenvalue weighted by atomic mass is 16.5. The van der Waals surface area contributed by atoms with Crippen molar-refractivity contribution >= 4 is 27.8 Å². The molecule has 2 heteroatoms. The van der Waals surface area contributed by atoms with Crippen LogP contribution in [0.5, 0.6) is 11.5 Å². The molecule has 8 aromatic carbocycles. The molecule has 48 heavy (non-hydrogen) atoms. The molecule has 1 aliphatic heterocycles. The maximum Gasteiger partial charge on any atom is 0.143 e. The van der Waals surface area contributed by atoms with Gasteiger partial charge in [-0.15, -0.1) is 0 Å². The standard InChI is InChI=1S/C46H31NO/c1-3-17-32(18-4-1)34-21-7-8-22-35(34)38-25-13-15-29-43(38)47(33-19-5-2-6-20-33)44-31-42-37-24-10-9-23-36(37)40-27-14-16-30-45(40)48-46(42)41-28-12-11-26-39(41)44/h1-31H. The van der Waals surface area contributed by atoms with Crippen molar-refractivity contribution < 1.29 is 4.74 Å². The first-order chi connectivity index (χ1) is 23.8. The summed E-state index contributed by atoms with van der Waals surface area (Å²) in [4.78, 5) is 2.42. The summed E-state index contributed by atoms with van der Waals surface area (Å²) < 4.78 is 6.88. The van der Waals surface area contributed by atoms with Crippen molar-refractivity contribution in [2.75, 3.05) is 4.90 Å². The molecule has 0 radical (unpaired) electrons. The zero-order chi connectivity index (χ0) is 31.9. The summed E-state index contributed by atoms with van der Waals surface area (Å²) in [6.45, 7) is 0. The number of ether oxygens (including phenoxy) is 1. The third-order valence-electron chi connectivity index (χ3n) is 9.28. The summed E-state index contributed by atoms with van der Waals surface area (Å²) in [7, 11) is 0. The summed E-state index contributed by atoms with van der Waals surface area (Å²) in [5.74, 6) is 1.74. The molecule has 8 aromatic rings. The van der Waals surface area contributed by atoms with E-state index in [-0.39, 0.29) is 0 Å². The molecule has 1 heterocycles. The van der Waals surface area contributed by atoms with Gasteiger partial charge in [0.2, 0.25) is 0 Å². The smallest absolute Gasteiger partial charge is 0.143 e. The Hall–Kier alpha value is -6.38. The predicted octanol–water partition coefficient (Wildman–Crippen LogP) is 13.1. The average Bonchev–Trinajstić information content (AvgIpc) is 3.31. The van der Waals surface area contributed by atoms with Crippen molar-refractivity contribution in [3.05, 3.63) is 188 Å². The van der Waals surface area contributed by atoms with E-state index >= 15 is 0 Å². The highest BCUT2D eigenvalue weighted by Gasteiger charge is 2.27. The van der Waals surface area contributed by atoms with Crippen molar-refractivity contribution in [2.24, 2.45) is 0 Å². The van der Waals surface area contributed by atoms with Gasteiger partial charge in [-0.2, -0.15) is 0 Å². The van der Waals surface area contributed by atoms with Crippen LogP contribution in [0.15, 0.2) is 188 Å². The predicted molar refractivity (Wildman–Crippen MR) is 200 cm³/mol. The maximum absolute atomic E-state index is 6.88. The zero-order valence-electron chi connectivity index (χ0n) is 26.3. The number of benzene rings is 8. The minimum atomic E-state index is 0.865. The Kier molecular flexibility index (Phi) is 6.84. The number of rotatable bonds is 5. The SMILES string of the molecule is c1ccc(-c2ccccc2-c2ccccc2N(c2ccccc2)c2cc3c(c4ccccc24)Oc2ccccc2-c2ccccc2-3)cc1.